The Hall–Kier alpha value is -2.27. The summed E-state index contributed by atoms with van der Waals surface area (Å²) < 4.78 is 5.37. The number of guanidine groups is 1. The molecule has 0 aliphatic rings. The van der Waals surface area contributed by atoms with Crippen LogP contribution in [0.1, 0.15) is 11.3 Å². The number of rotatable bonds is 8. The minimum absolute atomic E-state index is 0. The molecule has 0 aliphatic carbocycles. The van der Waals surface area contributed by atoms with Crippen molar-refractivity contribution in [2.75, 3.05) is 26.7 Å². The fourth-order valence-electron chi connectivity index (χ4n) is 2.28. The van der Waals surface area contributed by atoms with Crippen LogP contribution in [0.3, 0.4) is 0 Å². The van der Waals surface area contributed by atoms with Crippen LogP contribution in [0.2, 0.25) is 0 Å². The number of pyridine rings is 1. The lowest BCUT2D eigenvalue weighted by molar-refractivity contribution is 0.370. The van der Waals surface area contributed by atoms with Gasteiger partial charge in [-0.15, -0.1) is 30.4 Å². The number of halogens is 1. The Bertz CT molecular complexity index is 696. The summed E-state index contributed by atoms with van der Waals surface area (Å²) in [5.74, 6) is 4.04. The van der Waals surface area contributed by atoms with E-state index in [-0.39, 0.29) is 24.0 Å². The highest BCUT2D eigenvalue weighted by Crippen LogP contribution is 2.12. The molecule has 1 aromatic heterocycles. The van der Waals surface area contributed by atoms with Gasteiger partial charge in [-0.2, -0.15) is 0 Å². The van der Waals surface area contributed by atoms with Crippen molar-refractivity contribution in [3.05, 3.63) is 59.9 Å². The third-order valence-electron chi connectivity index (χ3n) is 3.57. The number of terminal acetylenes is 1. The summed E-state index contributed by atoms with van der Waals surface area (Å²) in [4.78, 5) is 8.54. The number of ether oxygens (including phenoxy) is 1. The highest BCUT2D eigenvalue weighted by atomic mass is 127. The van der Waals surface area contributed by atoms with Crippen LogP contribution >= 0.6 is 24.0 Å². The second kappa shape index (κ2) is 13.0. The molecule has 1 aromatic carbocycles. The van der Waals surface area contributed by atoms with E-state index in [4.69, 9.17) is 11.2 Å². The van der Waals surface area contributed by atoms with Gasteiger partial charge in [0, 0.05) is 38.4 Å². The molecule has 6 heteroatoms. The van der Waals surface area contributed by atoms with Gasteiger partial charge in [0.05, 0.1) is 0 Å². The minimum Gasteiger partial charge on any atom is -0.481 e. The van der Waals surface area contributed by atoms with E-state index in [1.807, 2.05) is 48.7 Å². The highest BCUT2D eigenvalue weighted by molar-refractivity contribution is 14.0. The molecule has 0 bridgehead atoms. The zero-order chi connectivity index (χ0) is 17.7. The maximum absolute atomic E-state index is 5.37. The smallest absolute Gasteiger partial charge is 0.190 e. The van der Waals surface area contributed by atoms with Crippen LogP contribution in [0, 0.1) is 12.3 Å². The molecule has 0 aliphatic heterocycles. The highest BCUT2D eigenvalue weighted by Gasteiger charge is 2.00. The number of hydrogen-bond acceptors (Lipinski definition) is 3. The van der Waals surface area contributed by atoms with Crippen molar-refractivity contribution in [1.29, 1.82) is 0 Å². The van der Waals surface area contributed by atoms with Crippen LogP contribution in [0.25, 0.3) is 0 Å². The first-order valence-electron chi connectivity index (χ1n) is 8.31. The number of nitrogens with zero attached hydrogens (tertiary/aromatic N) is 2. The molecule has 26 heavy (non-hydrogen) atoms. The van der Waals surface area contributed by atoms with Gasteiger partial charge in [0.15, 0.2) is 5.96 Å². The third-order valence-corrected chi connectivity index (χ3v) is 3.57. The van der Waals surface area contributed by atoms with Crippen LogP contribution < -0.4 is 15.4 Å². The summed E-state index contributed by atoms with van der Waals surface area (Å²) in [7, 11) is 1.77. The first kappa shape index (κ1) is 21.8. The van der Waals surface area contributed by atoms with Gasteiger partial charge < -0.3 is 15.4 Å². The van der Waals surface area contributed by atoms with Gasteiger partial charge in [-0.05, 0) is 36.2 Å². The second-order valence-corrected chi connectivity index (χ2v) is 5.38. The molecule has 2 rings (SSSR count). The largest absolute Gasteiger partial charge is 0.481 e. The number of aromatic nitrogens is 1. The fraction of sp³-hybridized carbons (Fsp3) is 0.300. The van der Waals surface area contributed by atoms with Gasteiger partial charge >= 0.3 is 0 Å². The summed E-state index contributed by atoms with van der Waals surface area (Å²) in [6.07, 6.45) is 8.75. The molecule has 5 nitrogen and oxygen atoms in total. The average molecular weight is 464 g/mol. The van der Waals surface area contributed by atoms with Gasteiger partial charge in [-0.3, -0.25) is 9.98 Å². The van der Waals surface area contributed by atoms with Gasteiger partial charge in [0.25, 0.3) is 0 Å². The third kappa shape index (κ3) is 8.21. The molecule has 0 amide bonds. The van der Waals surface area contributed by atoms with Crippen molar-refractivity contribution in [3.8, 4) is 18.1 Å². The molecule has 0 saturated heterocycles. The monoisotopic (exact) mass is 464 g/mol. The first-order valence-corrected chi connectivity index (χ1v) is 8.31. The molecule has 0 radical (unpaired) electrons. The first-order chi connectivity index (χ1) is 12.3. The topological polar surface area (TPSA) is 58.5 Å². The van der Waals surface area contributed by atoms with Gasteiger partial charge in [0.2, 0.25) is 0 Å². The molecule has 2 aromatic rings. The molecule has 0 fully saturated rings. The van der Waals surface area contributed by atoms with E-state index in [0.717, 1.165) is 43.3 Å². The number of nitrogens with one attached hydrogen (secondary N) is 2. The van der Waals surface area contributed by atoms with Gasteiger partial charge in [-0.1, -0.05) is 24.1 Å². The van der Waals surface area contributed by atoms with E-state index in [9.17, 15) is 0 Å². The Morgan fingerprint density at radius 1 is 1.12 bits per heavy atom. The van der Waals surface area contributed by atoms with Crippen molar-refractivity contribution < 1.29 is 4.74 Å². The zero-order valence-corrected chi connectivity index (χ0v) is 17.3. The summed E-state index contributed by atoms with van der Waals surface area (Å²) in [5, 5.41) is 6.61. The lowest BCUT2D eigenvalue weighted by atomic mass is 10.1. The van der Waals surface area contributed by atoms with Crippen molar-refractivity contribution in [1.82, 2.24) is 15.6 Å². The molecular formula is C20H25IN4O. The molecular weight excluding hydrogens is 439 g/mol. The normalized spacial score (nSPS) is 10.4. The van der Waals surface area contributed by atoms with E-state index in [1.54, 1.807) is 7.05 Å². The van der Waals surface area contributed by atoms with Gasteiger partial charge in [0.1, 0.15) is 12.4 Å². The molecule has 0 atom stereocenters. The standard InChI is InChI=1S/C20H24N4O.HI/c1-3-16-25-19-9-7-17(8-10-19)11-14-23-20(21-2)24-15-12-18-6-4-5-13-22-18;/h1,4-10,13H,11-12,14-16H2,2H3,(H2,21,23,24);1H. The molecule has 0 spiro atoms. The molecule has 0 unspecified atom stereocenters. The second-order valence-electron chi connectivity index (χ2n) is 5.38. The predicted octanol–water partition coefficient (Wildman–Crippen LogP) is 2.66. The van der Waals surface area contributed by atoms with Gasteiger partial charge in [-0.25, -0.2) is 0 Å². The molecule has 2 N–H and O–H groups in total. The van der Waals surface area contributed by atoms with Crippen LogP contribution in [0.5, 0.6) is 5.75 Å². The minimum atomic E-state index is 0. The summed E-state index contributed by atoms with van der Waals surface area (Å²) in [6.45, 7) is 1.88. The van der Waals surface area contributed by atoms with Crippen molar-refractivity contribution in [3.63, 3.8) is 0 Å². The fourth-order valence-corrected chi connectivity index (χ4v) is 2.28. The Morgan fingerprint density at radius 2 is 1.85 bits per heavy atom. The SMILES string of the molecule is C#CCOc1ccc(CCNC(=NC)NCCc2ccccn2)cc1.I. The van der Waals surface area contributed by atoms with E-state index in [0.29, 0.717) is 6.61 Å². The van der Waals surface area contributed by atoms with E-state index in [1.165, 1.54) is 5.56 Å². The van der Waals surface area contributed by atoms with E-state index < -0.39 is 0 Å². The van der Waals surface area contributed by atoms with E-state index >= 15 is 0 Å². The number of benzene rings is 1. The summed E-state index contributed by atoms with van der Waals surface area (Å²) >= 11 is 0. The lowest BCUT2D eigenvalue weighted by Crippen LogP contribution is -2.39. The van der Waals surface area contributed by atoms with Crippen molar-refractivity contribution in [2.24, 2.45) is 4.99 Å². The van der Waals surface area contributed by atoms with Crippen LogP contribution in [0.4, 0.5) is 0 Å². The Kier molecular flexibility index (Phi) is 10.9. The summed E-state index contributed by atoms with van der Waals surface area (Å²) in [5.41, 5.74) is 2.29. The Balaban J connectivity index is 0.00000338. The molecule has 1 heterocycles. The lowest BCUT2D eigenvalue weighted by Gasteiger charge is -2.12. The molecule has 138 valence electrons. The maximum atomic E-state index is 5.37. The van der Waals surface area contributed by atoms with Crippen molar-refractivity contribution in [2.45, 2.75) is 12.8 Å². The van der Waals surface area contributed by atoms with Crippen LogP contribution in [-0.4, -0.2) is 37.7 Å². The average Bonchev–Trinajstić information content (AvgIpc) is 2.67. The molecule has 0 saturated carbocycles. The Morgan fingerprint density at radius 3 is 2.46 bits per heavy atom. The van der Waals surface area contributed by atoms with E-state index in [2.05, 4.69) is 26.5 Å². The van der Waals surface area contributed by atoms with Crippen LogP contribution in [-0.2, 0) is 12.8 Å². The summed E-state index contributed by atoms with van der Waals surface area (Å²) in [6, 6.07) is 13.9. The zero-order valence-electron chi connectivity index (χ0n) is 14.9. The maximum Gasteiger partial charge on any atom is 0.190 e. The number of hydrogen-bond donors (Lipinski definition) is 2. The van der Waals surface area contributed by atoms with Crippen LogP contribution in [0.15, 0.2) is 53.7 Å². The Labute approximate surface area is 172 Å². The predicted molar refractivity (Wildman–Crippen MR) is 117 cm³/mol. The quantitative estimate of drug-likeness (QED) is 0.273. The van der Waals surface area contributed by atoms with Crippen molar-refractivity contribution >= 4 is 29.9 Å². The number of aliphatic imine (C=N–C) groups is 1.